The van der Waals surface area contributed by atoms with Crippen LogP contribution >= 0.6 is 11.3 Å². The summed E-state index contributed by atoms with van der Waals surface area (Å²) in [4.78, 5) is 24.8. The second kappa shape index (κ2) is 8.49. The summed E-state index contributed by atoms with van der Waals surface area (Å²) in [5, 5.41) is 4.98. The lowest BCUT2D eigenvalue weighted by molar-refractivity contribution is -0.124. The Balaban J connectivity index is 1.94. The molecule has 0 unspecified atom stereocenters. The first-order valence-electron chi connectivity index (χ1n) is 7.65. The summed E-state index contributed by atoms with van der Waals surface area (Å²) < 4.78 is 10.1. The first kappa shape index (κ1) is 18.0. The van der Waals surface area contributed by atoms with E-state index in [1.54, 1.807) is 35.6 Å². The molecule has 0 saturated carbocycles. The van der Waals surface area contributed by atoms with Crippen LogP contribution in [0.3, 0.4) is 0 Å². The highest BCUT2D eigenvalue weighted by atomic mass is 32.1. The Morgan fingerprint density at radius 1 is 1.21 bits per heavy atom. The van der Waals surface area contributed by atoms with Crippen molar-refractivity contribution in [2.75, 3.05) is 13.7 Å². The summed E-state index contributed by atoms with van der Waals surface area (Å²) in [5.41, 5.74) is 0.383. The quantitative estimate of drug-likeness (QED) is 0.780. The van der Waals surface area contributed by atoms with E-state index < -0.39 is 5.97 Å². The molecular formula is C18H21NO4S. The lowest BCUT2D eigenvalue weighted by atomic mass is 10.0. The monoisotopic (exact) mass is 347 g/mol. The molecule has 24 heavy (non-hydrogen) atoms. The van der Waals surface area contributed by atoms with E-state index in [1.165, 1.54) is 7.11 Å². The van der Waals surface area contributed by atoms with Gasteiger partial charge in [0.05, 0.1) is 18.7 Å². The highest BCUT2D eigenvalue weighted by molar-refractivity contribution is 7.10. The Bertz CT molecular complexity index is 682. The lowest BCUT2D eigenvalue weighted by Gasteiger charge is -2.21. The maximum Gasteiger partial charge on any atom is 0.337 e. The number of rotatable bonds is 7. The molecule has 128 valence electrons. The molecule has 1 amide bonds. The summed E-state index contributed by atoms with van der Waals surface area (Å²) in [6.45, 7) is 4.01. The Hall–Kier alpha value is -2.34. The van der Waals surface area contributed by atoms with Crippen LogP contribution in [0.4, 0.5) is 0 Å². The number of carbonyl (C=O) groups is 2. The number of methoxy groups -OCH3 is 1. The summed E-state index contributed by atoms with van der Waals surface area (Å²) >= 11 is 1.62. The van der Waals surface area contributed by atoms with Crippen molar-refractivity contribution >= 4 is 23.2 Å². The van der Waals surface area contributed by atoms with E-state index in [-0.39, 0.29) is 24.5 Å². The molecule has 1 aromatic carbocycles. The van der Waals surface area contributed by atoms with Crippen LogP contribution in [0.25, 0.3) is 0 Å². The maximum atomic E-state index is 12.2. The number of ether oxygens (including phenoxy) is 2. The molecule has 0 fully saturated rings. The molecule has 1 heterocycles. The number of hydrogen-bond donors (Lipinski definition) is 1. The molecule has 5 nitrogen and oxygen atoms in total. The van der Waals surface area contributed by atoms with Crippen molar-refractivity contribution in [3.05, 3.63) is 52.2 Å². The van der Waals surface area contributed by atoms with Gasteiger partial charge in [0, 0.05) is 4.88 Å². The van der Waals surface area contributed by atoms with E-state index in [2.05, 4.69) is 23.9 Å². The second-order valence-corrected chi connectivity index (χ2v) is 6.59. The number of nitrogens with one attached hydrogen (secondary N) is 1. The van der Waals surface area contributed by atoms with Gasteiger partial charge in [0.15, 0.2) is 6.61 Å². The fourth-order valence-electron chi connectivity index (χ4n) is 2.23. The van der Waals surface area contributed by atoms with Gasteiger partial charge in [0.1, 0.15) is 5.75 Å². The van der Waals surface area contributed by atoms with Crippen molar-refractivity contribution in [3.8, 4) is 5.75 Å². The number of thiophene rings is 1. The van der Waals surface area contributed by atoms with E-state index in [1.807, 2.05) is 17.5 Å². The predicted molar refractivity (Wildman–Crippen MR) is 93.3 cm³/mol. The number of amides is 1. The minimum atomic E-state index is -0.442. The molecule has 1 atom stereocenters. The van der Waals surface area contributed by atoms with E-state index in [0.717, 1.165) is 4.88 Å². The standard InChI is InChI=1S/C18H21NO4S/c1-12(2)17(15-8-5-9-24-15)19-16(20)11-23-14-7-4-6-13(10-14)18(21)22-3/h4-10,12,17H,11H2,1-3H3,(H,19,20)/t17-/m0/s1. The molecule has 0 spiro atoms. The van der Waals surface area contributed by atoms with Gasteiger partial charge in [-0.1, -0.05) is 26.0 Å². The Morgan fingerprint density at radius 2 is 2.00 bits per heavy atom. The third-order valence-electron chi connectivity index (χ3n) is 3.46. The molecule has 0 aliphatic rings. The van der Waals surface area contributed by atoms with Crippen molar-refractivity contribution in [2.45, 2.75) is 19.9 Å². The molecule has 2 rings (SSSR count). The zero-order valence-corrected chi connectivity index (χ0v) is 14.8. The first-order chi connectivity index (χ1) is 11.5. The average Bonchev–Trinajstić information content (AvgIpc) is 3.11. The van der Waals surface area contributed by atoms with Gasteiger partial charge in [0.2, 0.25) is 0 Å². The lowest BCUT2D eigenvalue weighted by Crippen LogP contribution is -2.34. The molecular weight excluding hydrogens is 326 g/mol. The average molecular weight is 347 g/mol. The Morgan fingerprint density at radius 3 is 2.62 bits per heavy atom. The van der Waals surface area contributed by atoms with E-state index in [4.69, 9.17) is 4.74 Å². The van der Waals surface area contributed by atoms with Gasteiger partial charge in [0.25, 0.3) is 5.91 Å². The molecule has 0 radical (unpaired) electrons. The highest BCUT2D eigenvalue weighted by Crippen LogP contribution is 2.25. The molecule has 0 aliphatic heterocycles. The Kier molecular flexibility index (Phi) is 6.37. The van der Waals surface area contributed by atoms with Gasteiger partial charge < -0.3 is 14.8 Å². The number of benzene rings is 1. The fourth-order valence-corrected chi connectivity index (χ4v) is 3.18. The van der Waals surface area contributed by atoms with E-state index in [9.17, 15) is 9.59 Å². The molecule has 1 N–H and O–H groups in total. The number of carbonyl (C=O) groups excluding carboxylic acids is 2. The Labute approximate surface area is 145 Å². The molecule has 6 heteroatoms. The van der Waals surface area contributed by atoms with Crippen LogP contribution in [-0.2, 0) is 9.53 Å². The summed E-state index contributed by atoms with van der Waals surface area (Å²) in [5.74, 6) is 0.0774. The fraction of sp³-hybridized carbons (Fsp3) is 0.333. The highest BCUT2D eigenvalue weighted by Gasteiger charge is 2.19. The van der Waals surface area contributed by atoms with E-state index in [0.29, 0.717) is 11.3 Å². The van der Waals surface area contributed by atoms with Crippen LogP contribution in [0.5, 0.6) is 5.75 Å². The molecule has 1 aromatic heterocycles. The molecule has 2 aromatic rings. The molecule has 0 saturated heterocycles. The SMILES string of the molecule is COC(=O)c1cccc(OCC(=O)N[C@H](c2cccs2)C(C)C)c1. The number of esters is 1. The zero-order valence-electron chi connectivity index (χ0n) is 13.9. The van der Waals surface area contributed by atoms with Crippen LogP contribution in [-0.4, -0.2) is 25.6 Å². The zero-order chi connectivity index (χ0) is 17.5. The molecule has 0 aliphatic carbocycles. The molecule has 0 bridgehead atoms. The van der Waals surface area contributed by atoms with Crippen LogP contribution in [0.1, 0.15) is 35.1 Å². The topological polar surface area (TPSA) is 64.6 Å². The second-order valence-electron chi connectivity index (χ2n) is 5.61. The van der Waals surface area contributed by atoms with Gasteiger partial charge in [-0.05, 0) is 35.6 Å². The van der Waals surface area contributed by atoms with Crippen LogP contribution < -0.4 is 10.1 Å². The van der Waals surface area contributed by atoms with E-state index >= 15 is 0 Å². The summed E-state index contributed by atoms with van der Waals surface area (Å²) in [6.07, 6.45) is 0. The predicted octanol–water partition coefficient (Wildman–Crippen LogP) is 3.43. The van der Waals surface area contributed by atoms with Crippen molar-refractivity contribution < 1.29 is 19.1 Å². The van der Waals surface area contributed by atoms with Crippen LogP contribution in [0, 0.1) is 5.92 Å². The van der Waals surface area contributed by atoms with Crippen molar-refractivity contribution in [1.29, 1.82) is 0 Å². The van der Waals surface area contributed by atoms with Gasteiger partial charge >= 0.3 is 5.97 Å². The number of hydrogen-bond acceptors (Lipinski definition) is 5. The van der Waals surface area contributed by atoms with Gasteiger partial charge in [-0.2, -0.15) is 0 Å². The largest absolute Gasteiger partial charge is 0.484 e. The third kappa shape index (κ3) is 4.83. The minimum absolute atomic E-state index is 0.0393. The minimum Gasteiger partial charge on any atom is -0.484 e. The van der Waals surface area contributed by atoms with Crippen molar-refractivity contribution in [1.82, 2.24) is 5.32 Å². The van der Waals surface area contributed by atoms with Crippen LogP contribution in [0.15, 0.2) is 41.8 Å². The van der Waals surface area contributed by atoms with Crippen molar-refractivity contribution in [3.63, 3.8) is 0 Å². The normalized spacial score (nSPS) is 11.8. The summed E-state index contributed by atoms with van der Waals surface area (Å²) in [7, 11) is 1.32. The smallest absolute Gasteiger partial charge is 0.337 e. The summed E-state index contributed by atoms with van der Waals surface area (Å²) in [6, 6.07) is 10.5. The van der Waals surface area contributed by atoms with Gasteiger partial charge in [-0.3, -0.25) is 4.79 Å². The van der Waals surface area contributed by atoms with Gasteiger partial charge in [-0.25, -0.2) is 4.79 Å². The van der Waals surface area contributed by atoms with Crippen LogP contribution in [0.2, 0.25) is 0 Å². The van der Waals surface area contributed by atoms with Gasteiger partial charge in [-0.15, -0.1) is 11.3 Å². The third-order valence-corrected chi connectivity index (χ3v) is 4.41. The van der Waals surface area contributed by atoms with Crippen molar-refractivity contribution in [2.24, 2.45) is 5.92 Å². The maximum absolute atomic E-state index is 12.2. The first-order valence-corrected chi connectivity index (χ1v) is 8.53.